The van der Waals surface area contributed by atoms with Crippen LogP contribution in [0.15, 0.2) is 4.99 Å². The van der Waals surface area contributed by atoms with E-state index in [-0.39, 0.29) is 39.1 Å². The van der Waals surface area contributed by atoms with Gasteiger partial charge in [-0.15, -0.1) is 0 Å². The predicted molar refractivity (Wildman–Crippen MR) is 66.0 cm³/mol. The minimum atomic E-state index is -1.13. The lowest BCUT2D eigenvalue weighted by molar-refractivity contribution is -0.146. The van der Waals surface area contributed by atoms with Crippen molar-refractivity contribution in [2.24, 2.45) is 4.99 Å². The summed E-state index contributed by atoms with van der Waals surface area (Å²) in [6.07, 6.45) is 1.05. The first kappa shape index (κ1) is 17.3. The van der Waals surface area contributed by atoms with Crippen LogP contribution in [-0.2, 0) is 23.9 Å². The Morgan fingerprint density at radius 3 is 2.30 bits per heavy atom. The van der Waals surface area contributed by atoms with Crippen LogP contribution in [0, 0.1) is 13.1 Å². The van der Waals surface area contributed by atoms with Crippen molar-refractivity contribution in [1.82, 2.24) is 0 Å². The number of hydrogen-bond donors (Lipinski definition) is 0. The van der Waals surface area contributed by atoms with Crippen molar-refractivity contribution in [3.8, 4) is 0 Å². The lowest BCUT2D eigenvalue weighted by Crippen LogP contribution is -2.24. The summed E-state index contributed by atoms with van der Waals surface area (Å²) in [5.41, 5.74) is 0. The molecule has 0 amide bonds. The summed E-state index contributed by atoms with van der Waals surface area (Å²) in [5.74, 6) is -1.38. The van der Waals surface area contributed by atoms with Gasteiger partial charge in [-0.25, -0.2) is 22.7 Å². The van der Waals surface area contributed by atoms with E-state index in [4.69, 9.17) is 22.6 Å². The summed E-state index contributed by atoms with van der Waals surface area (Å²) >= 11 is 0. The maximum Gasteiger partial charge on any atom is 0.332 e. The first-order valence-corrected chi connectivity index (χ1v) is 5.71. The Kier molecular flexibility index (Phi) is 9.86. The summed E-state index contributed by atoms with van der Waals surface area (Å²) in [6.45, 7) is 13.0. The average Bonchev–Trinajstić information content (AvgIpc) is 2.43. The molecule has 0 fully saturated rings. The fraction of sp³-hybridized carbons (Fsp3) is 0.583. The molecule has 0 aliphatic heterocycles. The van der Waals surface area contributed by atoms with E-state index >= 15 is 0 Å². The number of nitrogens with zero attached hydrogens (tertiary/aromatic N) is 3. The number of rotatable bonds is 9. The molecule has 0 aliphatic carbocycles. The number of aliphatic imine (C=N–C) groups is 1. The minimum Gasteiger partial charge on any atom is -0.458 e. The Hall–Kier alpha value is -2.70. The molecule has 0 saturated carbocycles. The van der Waals surface area contributed by atoms with Crippen LogP contribution < -0.4 is 0 Å². The van der Waals surface area contributed by atoms with Gasteiger partial charge in [-0.05, 0) is 6.42 Å². The molecule has 0 rings (SSSR count). The third-order valence-corrected chi connectivity index (χ3v) is 2.02. The zero-order valence-corrected chi connectivity index (χ0v) is 10.7. The Labute approximate surface area is 116 Å². The van der Waals surface area contributed by atoms with Crippen LogP contribution in [0.4, 0.5) is 0 Å². The van der Waals surface area contributed by atoms with Crippen molar-refractivity contribution >= 4 is 18.0 Å². The van der Waals surface area contributed by atoms with Crippen LogP contribution >= 0.6 is 0 Å². The van der Waals surface area contributed by atoms with E-state index in [1.54, 1.807) is 0 Å². The summed E-state index contributed by atoms with van der Waals surface area (Å²) < 4.78 is 9.42. The average molecular weight is 279 g/mol. The fourth-order valence-corrected chi connectivity index (χ4v) is 1.12. The van der Waals surface area contributed by atoms with Crippen molar-refractivity contribution in [3.63, 3.8) is 0 Å². The van der Waals surface area contributed by atoms with Gasteiger partial charge in [0.05, 0.1) is 0 Å². The molecule has 0 aromatic heterocycles. The summed E-state index contributed by atoms with van der Waals surface area (Å²) in [5, 5.41) is 0. The van der Waals surface area contributed by atoms with E-state index in [0.717, 1.165) is 0 Å². The molecule has 1 atom stereocenters. The zero-order chi connectivity index (χ0) is 15.2. The van der Waals surface area contributed by atoms with Gasteiger partial charge in [0.25, 0.3) is 0 Å². The molecule has 20 heavy (non-hydrogen) atoms. The number of esters is 2. The molecular formula is C12H13N3O5. The molecule has 0 spiro atoms. The normalized spacial score (nSPS) is 10.3. The third-order valence-electron chi connectivity index (χ3n) is 2.02. The van der Waals surface area contributed by atoms with Crippen molar-refractivity contribution < 1.29 is 23.9 Å². The lowest BCUT2D eigenvalue weighted by Gasteiger charge is -2.08. The Morgan fingerprint density at radius 1 is 1.15 bits per heavy atom. The van der Waals surface area contributed by atoms with Crippen molar-refractivity contribution in [3.05, 3.63) is 22.8 Å². The monoisotopic (exact) mass is 279 g/mol. The molecule has 8 nitrogen and oxygen atoms in total. The predicted octanol–water partition coefficient (Wildman–Crippen LogP) is 0.396. The van der Waals surface area contributed by atoms with E-state index in [0.29, 0.717) is 0 Å². The van der Waals surface area contributed by atoms with E-state index in [1.807, 2.05) is 0 Å². The first-order chi connectivity index (χ1) is 9.65. The molecule has 0 bridgehead atoms. The summed E-state index contributed by atoms with van der Waals surface area (Å²) in [7, 11) is 0. The van der Waals surface area contributed by atoms with Gasteiger partial charge in [0.2, 0.25) is 19.2 Å². The maximum absolute atomic E-state index is 11.5. The third kappa shape index (κ3) is 8.40. The van der Waals surface area contributed by atoms with Crippen LogP contribution in [0.3, 0.4) is 0 Å². The van der Waals surface area contributed by atoms with E-state index in [2.05, 4.69) is 14.7 Å². The van der Waals surface area contributed by atoms with Crippen LogP contribution in [0.5, 0.6) is 0 Å². The molecule has 8 heteroatoms. The minimum absolute atomic E-state index is 0.0145. The molecule has 0 saturated heterocycles. The van der Waals surface area contributed by atoms with Gasteiger partial charge in [-0.1, -0.05) is 0 Å². The maximum atomic E-state index is 11.5. The zero-order valence-electron chi connectivity index (χ0n) is 10.7. The summed E-state index contributed by atoms with van der Waals surface area (Å²) in [4.78, 5) is 42.2. The summed E-state index contributed by atoms with van der Waals surface area (Å²) in [6, 6.07) is -1.13. The highest BCUT2D eigenvalue weighted by molar-refractivity contribution is 5.78. The molecule has 1 unspecified atom stereocenters. The molecule has 0 radical (unpaired) electrons. The van der Waals surface area contributed by atoms with Crippen molar-refractivity contribution in [2.45, 2.75) is 18.9 Å². The van der Waals surface area contributed by atoms with Gasteiger partial charge >= 0.3 is 11.9 Å². The largest absolute Gasteiger partial charge is 0.458 e. The second-order valence-electron chi connectivity index (χ2n) is 3.43. The lowest BCUT2D eigenvalue weighted by atomic mass is 10.1. The second kappa shape index (κ2) is 11.4. The van der Waals surface area contributed by atoms with E-state index < -0.39 is 18.0 Å². The first-order valence-electron chi connectivity index (χ1n) is 5.71. The van der Waals surface area contributed by atoms with Crippen LogP contribution in [-0.4, -0.2) is 50.4 Å². The fourth-order valence-electron chi connectivity index (χ4n) is 1.12. The van der Waals surface area contributed by atoms with Crippen LogP contribution in [0.2, 0.25) is 0 Å². The Morgan fingerprint density at radius 2 is 1.75 bits per heavy atom. The second-order valence-corrected chi connectivity index (χ2v) is 3.43. The molecule has 0 aromatic carbocycles. The van der Waals surface area contributed by atoms with Crippen LogP contribution in [0.25, 0.3) is 9.69 Å². The Bertz CT molecular complexity index is 457. The van der Waals surface area contributed by atoms with Gasteiger partial charge in [-0.3, -0.25) is 4.79 Å². The molecular weight excluding hydrogens is 266 g/mol. The van der Waals surface area contributed by atoms with Gasteiger partial charge < -0.3 is 19.2 Å². The van der Waals surface area contributed by atoms with E-state index in [1.165, 1.54) is 6.08 Å². The highest BCUT2D eigenvalue weighted by Gasteiger charge is 2.21. The van der Waals surface area contributed by atoms with Crippen LogP contribution in [0.1, 0.15) is 12.8 Å². The van der Waals surface area contributed by atoms with Crippen molar-refractivity contribution in [2.75, 3.05) is 26.3 Å². The number of isocyanates is 1. The number of carbonyl (C=O) groups is 2. The van der Waals surface area contributed by atoms with Gasteiger partial charge in [-0.2, -0.15) is 4.99 Å². The van der Waals surface area contributed by atoms with Gasteiger partial charge in [0.15, 0.2) is 19.3 Å². The molecule has 106 valence electrons. The molecule has 0 N–H and O–H groups in total. The van der Waals surface area contributed by atoms with Crippen molar-refractivity contribution in [1.29, 1.82) is 0 Å². The van der Waals surface area contributed by atoms with Gasteiger partial charge in [0.1, 0.15) is 0 Å². The molecule has 0 aromatic rings. The topological polar surface area (TPSA) is 90.8 Å². The number of hydrogen-bond acceptors (Lipinski definition) is 6. The standard InChI is InChI=1S/C12H13N3O5/c1-13-5-7-19-11(17)4-3-10(15-9-16)12(18)20-8-6-14-2/h10H,3-8H2. The smallest absolute Gasteiger partial charge is 0.332 e. The Balaban J connectivity index is 4.17. The SMILES string of the molecule is [C-]#[N+]CCOC(=O)CCC(N=C=O)C(=O)OCC[N+]#[C-]. The highest BCUT2D eigenvalue weighted by atomic mass is 16.5. The number of ether oxygens (including phenoxy) is 2. The molecule has 0 aliphatic rings. The van der Waals surface area contributed by atoms with Gasteiger partial charge in [0, 0.05) is 6.42 Å². The van der Waals surface area contributed by atoms with E-state index in [9.17, 15) is 14.4 Å². The quantitative estimate of drug-likeness (QED) is 0.200. The molecule has 0 heterocycles. The highest BCUT2D eigenvalue weighted by Crippen LogP contribution is 2.05. The number of carbonyl (C=O) groups excluding carboxylic acids is 3.